The number of carbonyl (C=O) groups is 2. The van der Waals surface area contributed by atoms with Crippen molar-refractivity contribution in [3.63, 3.8) is 0 Å². The summed E-state index contributed by atoms with van der Waals surface area (Å²) in [6, 6.07) is 21.0. The molecule has 7 nitrogen and oxygen atoms in total. The lowest BCUT2D eigenvalue weighted by Gasteiger charge is -2.31. The second-order valence-electron chi connectivity index (χ2n) is 7.52. The SMILES string of the molecule is CCOC(=O)N1CCC(N/C=C(/C#N)C(=O)NC(c2ccccc2)c2ccccc2)CC1. The maximum atomic E-state index is 12.9. The highest BCUT2D eigenvalue weighted by molar-refractivity contribution is 5.97. The number of carbonyl (C=O) groups excluding carboxylic acids is 2. The molecule has 0 unspecified atom stereocenters. The van der Waals surface area contributed by atoms with Gasteiger partial charge in [-0.3, -0.25) is 4.79 Å². The molecule has 0 radical (unpaired) electrons. The zero-order chi connectivity index (χ0) is 22.8. The predicted molar refractivity (Wildman–Crippen MR) is 121 cm³/mol. The molecule has 0 atom stereocenters. The number of hydrogen-bond acceptors (Lipinski definition) is 5. The summed E-state index contributed by atoms with van der Waals surface area (Å²) in [6.07, 6.45) is 2.61. The van der Waals surface area contributed by atoms with E-state index in [0.717, 1.165) is 11.1 Å². The van der Waals surface area contributed by atoms with Crippen molar-refractivity contribution in [2.45, 2.75) is 31.8 Å². The van der Waals surface area contributed by atoms with Gasteiger partial charge in [-0.15, -0.1) is 0 Å². The number of amides is 2. The van der Waals surface area contributed by atoms with Crippen LogP contribution in [-0.4, -0.2) is 42.6 Å². The van der Waals surface area contributed by atoms with Crippen molar-refractivity contribution >= 4 is 12.0 Å². The van der Waals surface area contributed by atoms with Gasteiger partial charge in [-0.05, 0) is 30.9 Å². The largest absolute Gasteiger partial charge is 0.450 e. The Kier molecular flexibility index (Phi) is 8.27. The third-order valence-corrected chi connectivity index (χ3v) is 5.39. The summed E-state index contributed by atoms with van der Waals surface area (Å²) >= 11 is 0. The summed E-state index contributed by atoms with van der Waals surface area (Å²) < 4.78 is 5.03. The van der Waals surface area contributed by atoms with E-state index in [1.165, 1.54) is 6.20 Å². The van der Waals surface area contributed by atoms with Gasteiger partial charge in [-0.25, -0.2) is 4.79 Å². The molecule has 7 heteroatoms. The fraction of sp³-hybridized carbons (Fsp3) is 0.320. The van der Waals surface area contributed by atoms with Crippen LogP contribution in [0, 0.1) is 11.3 Å². The van der Waals surface area contributed by atoms with Crippen molar-refractivity contribution in [1.29, 1.82) is 5.26 Å². The smallest absolute Gasteiger partial charge is 0.409 e. The lowest BCUT2D eigenvalue weighted by molar-refractivity contribution is -0.117. The topological polar surface area (TPSA) is 94.5 Å². The molecule has 1 saturated heterocycles. The van der Waals surface area contributed by atoms with E-state index in [1.807, 2.05) is 66.7 Å². The van der Waals surface area contributed by atoms with E-state index in [2.05, 4.69) is 10.6 Å². The number of hydrogen-bond donors (Lipinski definition) is 2. The molecule has 2 aromatic rings. The molecule has 0 aliphatic carbocycles. The van der Waals surface area contributed by atoms with Crippen LogP contribution in [0.5, 0.6) is 0 Å². The molecule has 2 N–H and O–H groups in total. The Morgan fingerprint density at radius 2 is 1.66 bits per heavy atom. The van der Waals surface area contributed by atoms with E-state index in [9.17, 15) is 14.9 Å². The second kappa shape index (κ2) is 11.6. The minimum atomic E-state index is -0.443. The van der Waals surface area contributed by atoms with Gasteiger partial charge in [0.1, 0.15) is 11.6 Å². The monoisotopic (exact) mass is 432 g/mol. The van der Waals surface area contributed by atoms with Gasteiger partial charge in [0.15, 0.2) is 0 Å². The number of nitrogens with one attached hydrogen (secondary N) is 2. The molecule has 0 saturated carbocycles. The van der Waals surface area contributed by atoms with Gasteiger partial charge >= 0.3 is 6.09 Å². The number of nitrogens with zero attached hydrogens (tertiary/aromatic N) is 2. The summed E-state index contributed by atoms with van der Waals surface area (Å²) in [6.45, 7) is 3.28. The average molecular weight is 433 g/mol. The van der Waals surface area contributed by atoms with Crippen LogP contribution in [0.15, 0.2) is 72.4 Å². The molecule has 2 aromatic carbocycles. The molecule has 1 aliphatic rings. The van der Waals surface area contributed by atoms with E-state index >= 15 is 0 Å². The fourth-order valence-corrected chi connectivity index (χ4v) is 3.65. The maximum Gasteiger partial charge on any atom is 0.409 e. The number of ether oxygens (including phenoxy) is 1. The Bertz CT molecular complexity index is 922. The molecule has 1 aliphatic heterocycles. The lowest BCUT2D eigenvalue weighted by Crippen LogP contribution is -2.44. The van der Waals surface area contributed by atoms with Gasteiger partial charge in [0, 0.05) is 25.3 Å². The van der Waals surface area contributed by atoms with Crippen LogP contribution in [-0.2, 0) is 9.53 Å². The van der Waals surface area contributed by atoms with Crippen LogP contribution in [0.2, 0.25) is 0 Å². The van der Waals surface area contributed by atoms with Crippen LogP contribution < -0.4 is 10.6 Å². The molecule has 0 spiro atoms. The normalized spacial score (nSPS) is 14.5. The molecule has 0 aromatic heterocycles. The quantitative estimate of drug-likeness (QED) is 0.516. The van der Waals surface area contributed by atoms with Crippen LogP contribution in [0.3, 0.4) is 0 Å². The number of piperidine rings is 1. The van der Waals surface area contributed by atoms with Crippen molar-refractivity contribution in [1.82, 2.24) is 15.5 Å². The first-order valence-electron chi connectivity index (χ1n) is 10.8. The molecule has 3 rings (SSSR count). The standard InChI is InChI=1S/C25H28N4O3/c1-2-32-25(31)29-15-13-22(14-16-29)27-18-21(17-26)24(30)28-23(19-9-5-3-6-10-19)20-11-7-4-8-12-20/h3-12,18,22-23,27H,2,13-16H2,1H3,(H,28,30)/b21-18-. The van der Waals surface area contributed by atoms with Crippen LogP contribution in [0.25, 0.3) is 0 Å². The first-order valence-corrected chi connectivity index (χ1v) is 10.8. The highest BCUT2D eigenvalue weighted by Crippen LogP contribution is 2.22. The molecular weight excluding hydrogens is 404 g/mol. The highest BCUT2D eigenvalue weighted by Gasteiger charge is 2.24. The molecule has 2 amide bonds. The fourth-order valence-electron chi connectivity index (χ4n) is 3.65. The molecule has 1 heterocycles. The number of nitriles is 1. The summed E-state index contributed by atoms with van der Waals surface area (Å²) in [5.74, 6) is -0.443. The van der Waals surface area contributed by atoms with E-state index in [1.54, 1.807) is 11.8 Å². The Balaban J connectivity index is 1.64. The molecule has 32 heavy (non-hydrogen) atoms. The van der Waals surface area contributed by atoms with Gasteiger partial charge in [0.25, 0.3) is 5.91 Å². The zero-order valence-electron chi connectivity index (χ0n) is 18.2. The zero-order valence-corrected chi connectivity index (χ0v) is 18.2. The van der Waals surface area contributed by atoms with Gasteiger partial charge in [-0.1, -0.05) is 60.7 Å². The van der Waals surface area contributed by atoms with Crippen molar-refractivity contribution in [3.05, 3.63) is 83.6 Å². The summed E-state index contributed by atoms with van der Waals surface area (Å²) in [5, 5.41) is 15.7. The molecule has 166 valence electrons. The number of benzene rings is 2. The Morgan fingerprint density at radius 3 is 2.16 bits per heavy atom. The van der Waals surface area contributed by atoms with E-state index in [4.69, 9.17) is 4.74 Å². The van der Waals surface area contributed by atoms with Gasteiger partial charge in [-0.2, -0.15) is 5.26 Å². The van der Waals surface area contributed by atoms with Crippen molar-refractivity contribution < 1.29 is 14.3 Å². The summed E-state index contributed by atoms with van der Waals surface area (Å²) in [7, 11) is 0. The third-order valence-electron chi connectivity index (χ3n) is 5.39. The summed E-state index contributed by atoms with van der Waals surface area (Å²) in [5.41, 5.74) is 1.88. The van der Waals surface area contributed by atoms with E-state index < -0.39 is 5.91 Å². The number of likely N-dealkylation sites (tertiary alicyclic amines) is 1. The van der Waals surface area contributed by atoms with Gasteiger partial charge in [0.2, 0.25) is 0 Å². The highest BCUT2D eigenvalue weighted by atomic mass is 16.6. The van der Waals surface area contributed by atoms with Crippen molar-refractivity contribution in [3.8, 4) is 6.07 Å². The Labute approximate surface area is 188 Å². The van der Waals surface area contributed by atoms with Gasteiger partial charge < -0.3 is 20.3 Å². The second-order valence-corrected chi connectivity index (χ2v) is 7.52. The molecular formula is C25H28N4O3. The average Bonchev–Trinajstić information content (AvgIpc) is 2.84. The van der Waals surface area contributed by atoms with Gasteiger partial charge in [0.05, 0.1) is 12.6 Å². The lowest BCUT2D eigenvalue weighted by atomic mass is 9.98. The number of rotatable bonds is 7. The Hall–Kier alpha value is -3.79. The summed E-state index contributed by atoms with van der Waals surface area (Å²) in [4.78, 5) is 26.4. The van der Waals surface area contributed by atoms with E-state index in [0.29, 0.717) is 32.5 Å². The third kappa shape index (κ3) is 6.11. The van der Waals surface area contributed by atoms with Crippen molar-refractivity contribution in [2.75, 3.05) is 19.7 Å². The molecule has 1 fully saturated rings. The molecule has 0 bridgehead atoms. The minimum Gasteiger partial charge on any atom is -0.450 e. The minimum absolute atomic E-state index is 0.00897. The first kappa shape index (κ1) is 22.9. The van der Waals surface area contributed by atoms with Crippen LogP contribution in [0.4, 0.5) is 4.79 Å². The maximum absolute atomic E-state index is 12.9. The van der Waals surface area contributed by atoms with Crippen molar-refractivity contribution in [2.24, 2.45) is 0 Å². The first-order chi connectivity index (χ1) is 15.6. The predicted octanol–water partition coefficient (Wildman–Crippen LogP) is 3.51. The Morgan fingerprint density at radius 1 is 1.09 bits per heavy atom. The van der Waals surface area contributed by atoms with Crippen LogP contribution >= 0.6 is 0 Å². The van der Waals surface area contributed by atoms with Crippen LogP contribution in [0.1, 0.15) is 36.9 Å². The van der Waals surface area contributed by atoms with E-state index in [-0.39, 0.29) is 23.8 Å².